The maximum atomic E-state index is 12.1. The van der Waals surface area contributed by atoms with Crippen molar-refractivity contribution in [2.24, 2.45) is 10.2 Å². The van der Waals surface area contributed by atoms with Gasteiger partial charge in [-0.25, -0.2) is 0 Å². The van der Waals surface area contributed by atoms with Gasteiger partial charge in [0.1, 0.15) is 0 Å². The Bertz CT molecular complexity index is 995. The lowest BCUT2D eigenvalue weighted by atomic mass is 10.1. The Morgan fingerprint density at radius 3 is 2.50 bits per heavy atom. The molecule has 0 aliphatic carbocycles. The number of hydrogen-bond donors (Lipinski definition) is 3. The lowest BCUT2D eigenvalue weighted by molar-refractivity contribution is -0.116. The number of aromatic hydroxyl groups is 1. The molecule has 26 heavy (non-hydrogen) atoms. The molecule has 6 nitrogen and oxygen atoms in total. The topological polar surface area (TPSA) is 89.8 Å². The van der Waals surface area contributed by atoms with Crippen LogP contribution in [-0.2, 0) is 4.79 Å². The maximum Gasteiger partial charge on any atom is 0.283 e. The zero-order chi connectivity index (χ0) is 18.8. The third kappa shape index (κ3) is 3.44. The molecule has 6 heteroatoms. The van der Waals surface area contributed by atoms with Gasteiger partial charge < -0.3 is 15.4 Å². The van der Waals surface area contributed by atoms with E-state index in [1.807, 2.05) is 45.9 Å². The van der Waals surface area contributed by atoms with E-state index in [2.05, 4.69) is 32.7 Å². The first kappa shape index (κ1) is 17.7. The molecule has 3 rings (SSSR count). The van der Waals surface area contributed by atoms with E-state index in [-0.39, 0.29) is 18.1 Å². The number of para-hydroxylation sites is 1. The molecule has 3 aromatic rings. The van der Waals surface area contributed by atoms with Gasteiger partial charge in [-0.2, -0.15) is 0 Å². The molecule has 0 bridgehead atoms. The summed E-state index contributed by atoms with van der Waals surface area (Å²) in [6, 6.07) is 9.76. The standard InChI is InChI=1S/C20H22N4O2/c1-11-8-13(3)17(14(4)9-11)21-10-16(25)23-24-19-15-7-5-6-12(2)18(15)22-20(19)26/h5-9,21-22,26H,10H2,1-4H3. The van der Waals surface area contributed by atoms with Crippen molar-refractivity contribution in [2.45, 2.75) is 27.7 Å². The number of fused-ring (bicyclic) bond motifs is 1. The van der Waals surface area contributed by atoms with Gasteiger partial charge in [-0.15, -0.1) is 10.2 Å². The van der Waals surface area contributed by atoms with Gasteiger partial charge in [0.2, 0.25) is 5.88 Å². The molecule has 0 saturated heterocycles. The fourth-order valence-electron chi connectivity index (χ4n) is 3.20. The second kappa shape index (κ2) is 7.00. The van der Waals surface area contributed by atoms with E-state index in [9.17, 15) is 9.90 Å². The van der Waals surface area contributed by atoms with Gasteiger partial charge in [0.05, 0.1) is 12.1 Å². The quantitative estimate of drug-likeness (QED) is 0.589. The first-order valence-electron chi connectivity index (χ1n) is 8.43. The van der Waals surface area contributed by atoms with E-state index in [1.165, 1.54) is 5.56 Å². The van der Waals surface area contributed by atoms with E-state index in [0.29, 0.717) is 0 Å². The molecule has 0 atom stereocenters. The molecule has 0 unspecified atom stereocenters. The van der Waals surface area contributed by atoms with E-state index in [4.69, 9.17) is 0 Å². The Hall–Kier alpha value is -3.15. The van der Waals surface area contributed by atoms with Crippen LogP contribution in [0.4, 0.5) is 11.4 Å². The first-order chi connectivity index (χ1) is 12.4. The molecule has 2 aromatic carbocycles. The fraction of sp³-hybridized carbons (Fsp3) is 0.250. The number of azo groups is 1. The van der Waals surface area contributed by atoms with Crippen molar-refractivity contribution in [2.75, 3.05) is 11.9 Å². The van der Waals surface area contributed by atoms with Gasteiger partial charge in [0.15, 0.2) is 5.69 Å². The molecular formula is C20H22N4O2. The summed E-state index contributed by atoms with van der Waals surface area (Å²) in [5.41, 5.74) is 6.33. The number of benzene rings is 2. The number of carbonyl (C=O) groups is 1. The summed E-state index contributed by atoms with van der Waals surface area (Å²) in [6.45, 7) is 8.01. The van der Waals surface area contributed by atoms with Crippen molar-refractivity contribution in [3.63, 3.8) is 0 Å². The molecule has 1 heterocycles. The van der Waals surface area contributed by atoms with Gasteiger partial charge in [-0.05, 0) is 44.4 Å². The molecule has 0 fully saturated rings. The first-order valence-corrected chi connectivity index (χ1v) is 8.43. The van der Waals surface area contributed by atoms with Crippen molar-refractivity contribution in [1.82, 2.24) is 4.98 Å². The van der Waals surface area contributed by atoms with Crippen molar-refractivity contribution >= 4 is 28.2 Å². The zero-order valence-corrected chi connectivity index (χ0v) is 15.3. The van der Waals surface area contributed by atoms with Gasteiger partial charge in [0.25, 0.3) is 5.91 Å². The third-order valence-electron chi connectivity index (χ3n) is 4.35. The number of nitrogens with zero attached hydrogens (tertiary/aromatic N) is 2. The van der Waals surface area contributed by atoms with Crippen LogP contribution in [0.5, 0.6) is 5.88 Å². The number of H-pyrrole nitrogens is 1. The molecule has 1 amide bonds. The average molecular weight is 350 g/mol. The molecule has 3 N–H and O–H groups in total. The summed E-state index contributed by atoms with van der Waals surface area (Å²) >= 11 is 0. The molecule has 0 radical (unpaired) electrons. The van der Waals surface area contributed by atoms with Crippen LogP contribution in [0.3, 0.4) is 0 Å². The van der Waals surface area contributed by atoms with Crippen LogP contribution in [0, 0.1) is 27.7 Å². The Morgan fingerprint density at radius 2 is 1.81 bits per heavy atom. The lowest BCUT2D eigenvalue weighted by Gasteiger charge is -2.12. The predicted molar refractivity (Wildman–Crippen MR) is 103 cm³/mol. The number of hydrogen-bond acceptors (Lipinski definition) is 4. The van der Waals surface area contributed by atoms with Crippen molar-refractivity contribution in [1.29, 1.82) is 0 Å². The van der Waals surface area contributed by atoms with E-state index in [1.54, 1.807) is 0 Å². The van der Waals surface area contributed by atoms with E-state index >= 15 is 0 Å². The Labute approximate surface area is 152 Å². The second-order valence-corrected chi connectivity index (χ2v) is 6.54. The average Bonchev–Trinajstić information content (AvgIpc) is 2.89. The van der Waals surface area contributed by atoms with Crippen molar-refractivity contribution < 1.29 is 9.90 Å². The third-order valence-corrected chi connectivity index (χ3v) is 4.35. The fourth-order valence-corrected chi connectivity index (χ4v) is 3.20. The minimum atomic E-state index is -0.411. The molecule has 0 aliphatic rings. The number of nitrogens with one attached hydrogen (secondary N) is 2. The minimum absolute atomic E-state index is 0.0381. The van der Waals surface area contributed by atoms with Crippen LogP contribution in [0.2, 0.25) is 0 Å². The van der Waals surface area contributed by atoms with Gasteiger partial charge in [-0.1, -0.05) is 35.9 Å². The number of rotatable bonds is 4. The molecule has 1 aromatic heterocycles. The molecule has 134 valence electrons. The van der Waals surface area contributed by atoms with Crippen LogP contribution >= 0.6 is 0 Å². The SMILES string of the molecule is Cc1cc(C)c(NCC(=O)N=Nc2c(O)[nH]c3c(C)cccc23)c(C)c1. The highest BCUT2D eigenvalue weighted by Gasteiger charge is 2.12. The number of anilines is 1. The summed E-state index contributed by atoms with van der Waals surface area (Å²) in [7, 11) is 0. The Morgan fingerprint density at radius 1 is 1.12 bits per heavy atom. The van der Waals surface area contributed by atoms with Crippen LogP contribution in [0.25, 0.3) is 10.9 Å². The van der Waals surface area contributed by atoms with Crippen molar-refractivity contribution in [3.05, 3.63) is 52.6 Å². The van der Waals surface area contributed by atoms with Crippen LogP contribution < -0.4 is 5.32 Å². The van der Waals surface area contributed by atoms with Gasteiger partial charge >= 0.3 is 0 Å². The van der Waals surface area contributed by atoms with E-state index < -0.39 is 5.91 Å². The summed E-state index contributed by atoms with van der Waals surface area (Å²) < 4.78 is 0. The van der Waals surface area contributed by atoms with Crippen LogP contribution in [0.15, 0.2) is 40.6 Å². The monoisotopic (exact) mass is 350 g/mol. The summed E-state index contributed by atoms with van der Waals surface area (Å²) in [6.07, 6.45) is 0. The summed E-state index contributed by atoms with van der Waals surface area (Å²) in [4.78, 5) is 15.0. The van der Waals surface area contributed by atoms with Gasteiger partial charge in [0, 0.05) is 11.1 Å². The number of aromatic amines is 1. The molecular weight excluding hydrogens is 328 g/mol. The molecule has 0 spiro atoms. The summed E-state index contributed by atoms with van der Waals surface area (Å²) in [5.74, 6) is -0.505. The highest BCUT2D eigenvalue weighted by molar-refractivity contribution is 5.96. The normalized spacial score (nSPS) is 11.4. The smallest absolute Gasteiger partial charge is 0.283 e. The highest BCUT2D eigenvalue weighted by Crippen LogP contribution is 2.36. The van der Waals surface area contributed by atoms with Gasteiger partial charge in [-0.3, -0.25) is 4.79 Å². The zero-order valence-electron chi connectivity index (χ0n) is 15.3. The lowest BCUT2D eigenvalue weighted by Crippen LogP contribution is -2.12. The number of aromatic nitrogens is 1. The number of aryl methyl sites for hydroxylation is 4. The Kier molecular flexibility index (Phi) is 4.75. The summed E-state index contributed by atoms with van der Waals surface area (Å²) in [5, 5.41) is 21.6. The van der Waals surface area contributed by atoms with E-state index in [0.717, 1.165) is 33.3 Å². The van der Waals surface area contributed by atoms with Crippen LogP contribution in [0.1, 0.15) is 22.3 Å². The molecule has 0 saturated carbocycles. The highest BCUT2D eigenvalue weighted by atomic mass is 16.3. The number of amides is 1. The Balaban J connectivity index is 1.75. The van der Waals surface area contributed by atoms with Crippen molar-refractivity contribution in [3.8, 4) is 5.88 Å². The second-order valence-electron chi connectivity index (χ2n) is 6.54. The largest absolute Gasteiger partial charge is 0.493 e. The maximum absolute atomic E-state index is 12.1. The minimum Gasteiger partial charge on any atom is -0.493 e. The number of carbonyl (C=O) groups excluding carboxylic acids is 1. The molecule has 0 aliphatic heterocycles. The van der Waals surface area contributed by atoms with Crippen LogP contribution in [-0.4, -0.2) is 22.5 Å². The predicted octanol–water partition coefficient (Wildman–Crippen LogP) is 4.83.